The number of nitrogens with one attached hydrogen (secondary N) is 2. The third-order valence-electron chi connectivity index (χ3n) is 2.88. The molecule has 0 spiro atoms. The highest BCUT2D eigenvalue weighted by atomic mass is 32.2. The Labute approximate surface area is 136 Å². The fourth-order valence-corrected chi connectivity index (χ4v) is 4.21. The number of benzene rings is 1. The summed E-state index contributed by atoms with van der Waals surface area (Å²) in [5.41, 5.74) is -0.662. The Kier molecular flexibility index (Phi) is 5.29. The van der Waals surface area contributed by atoms with Gasteiger partial charge in [0.15, 0.2) is 0 Å². The van der Waals surface area contributed by atoms with Gasteiger partial charge in [0.25, 0.3) is 0 Å². The van der Waals surface area contributed by atoms with Gasteiger partial charge in [-0.1, -0.05) is 6.07 Å². The molecular weight excluding hydrogens is 345 g/mol. The average molecular weight is 359 g/mol. The molecule has 10 heteroatoms. The van der Waals surface area contributed by atoms with E-state index in [9.17, 15) is 22.9 Å². The molecule has 7 nitrogen and oxygen atoms in total. The number of thiophene rings is 1. The standard InChI is InChI=1S/C13H14FN3O4S2/c1-9-5-6-12(22-9)23(20,21)16-8-7-15-11-4-2-3-10(14)13(11)17(18)19/h2-6,15-16H,7-8H2,1H3. The van der Waals surface area contributed by atoms with Crippen LogP contribution in [0.1, 0.15) is 4.88 Å². The topological polar surface area (TPSA) is 101 Å². The smallest absolute Gasteiger partial charge is 0.327 e. The van der Waals surface area contributed by atoms with E-state index in [-0.39, 0.29) is 23.0 Å². The second-order valence-electron chi connectivity index (χ2n) is 4.58. The van der Waals surface area contributed by atoms with Crippen molar-refractivity contribution in [3.05, 3.63) is 51.1 Å². The minimum atomic E-state index is -3.61. The predicted octanol–water partition coefficient (Wildman–Crippen LogP) is 2.49. The van der Waals surface area contributed by atoms with Crippen molar-refractivity contribution < 1.29 is 17.7 Å². The lowest BCUT2D eigenvalue weighted by Crippen LogP contribution is -2.28. The van der Waals surface area contributed by atoms with Gasteiger partial charge in [-0.15, -0.1) is 11.3 Å². The summed E-state index contributed by atoms with van der Waals surface area (Å²) in [5, 5.41) is 13.5. The van der Waals surface area contributed by atoms with E-state index >= 15 is 0 Å². The molecule has 2 aromatic rings. The molecule has 0 aliphatic rings. The first kappa shape index (κ1) is 17.3. The van der Waals surface area contributed by atoms with Crippen molar-refractivity contribution in [3.8, 4) is 0 Å². The molecule has 23 heavy (non-hydrogen) atoms. The lowest BCUT2D eigenvalue weighted by molar-refractivity contribution is -0.386. The van der Waals surface area contributed by atoms with Gasteiger partial charge in [0, 0.05) is 18.0 Å². The zero-order chi connectivity index (χ0) is 17.0. The van der Waals surface area contributed by atoms with Crippen LogP contribution in [-0.2, 0) is 10.0 Å². The van der Waals surface area contributed by atoms with E-state index in [2.05, 4.69) is 10.0 Å². The van der Waals surface area contributed by atoms with Crippen LogP contribution < -0.4 is 10.0 Å². The average Bonchev–Trinajstić information content (AvgIpc) is 2.91. The molecule has 0 amide bonds. The monoisotopic (exact) mass is 359 g/mol. The number of rotatable bonds is 7. The van der Waals surface area contributed by atoms with E-state index in [1.807, 2.05) is 0 Å². The molecule has 0 radical (unpaired) electrons. The molecule has 0 aliphatic heterocycles. The van der Waals surface area contributed by atoms with Crippen LogP contribution in [0.15, 0.2) is 34.5 Å². The fourth-order valence-electron chi connectivity index (χ4n) is 1.85. The summed E-state index contributed by atoms with van der Waals surface area (Å²) in [6.07, 6.45) is 0. The molecule has 0 atom stereocenters. The Morgan fingerprint density at radius 1 is 1.26 bits per heavy atom. The lowest BCUT2D eigenvalue weighted by atomic mass is 10.2. The summed E-state index contributed by atoms with van der Waals surface area (Å²) in [5.74, 6) is -0.949. The Balaban J connectivity index is 1.96. The summed E-state index contributed by atoms with van der Waals surface area (Å²) >= 11 is 1.15. The van der Waals surface area contributed by atoms with Crippen LogP contribution in [0, 0.1) is 22.9 Å². The quantitative estimate of drug-likeness (QED) is 0.449. The van der Waals surface area contributed by atoms with Crippen molar-refractivity contribution in [1.82, 2.24) is 4.72 Å². The largest absolute Gasteiger partial charge is 0.378 e. The van der Waals surface area contributed by atoms with Crippen LogP contribution in [0.25, 0.3) is 0 Å². The molecule has 0 unspecified atom stereocenters. The number of hydrogen-bond acceptors (Lipinski definition) is 6. The third kappa shape index (κ3) is 4.24. The lowest BCUT2D eigenvalue weighted by Gasteiger charge is -2.08. The minimum Gasteiger partial charge on any atom is -0.378 e. The number of sulfonamides is 1. The second kappa shape index (κ2) is 7.02. The number of aryl methyl sites for hydroxylation is 1. The van der Waals surface area contributed by atoms with Gasteiger partial charge in [-0.05, 0) is 31.2 Å². The van der Waals surface area contributed by atoms with Gasteiger partial charge in [-0.3, -0.25) is 10.1 Å². The number of nitro groups is 1. The van der Waals surface area contributed by atoms with Gasteiger partial charge in [0.1, 0.15) is 9.90 Å². The molecule has 0 saturated carbocycles. The molecule has 0 fully saturated rings. The predicted molar refractivity (Wildman–Crippen MR) is 85.8 cm³/mol. The summed E-state index contributed by atoms with van der Waals surface area (Å²) in [6.45, 7) is 1.88. The SMILES string of the molecule is Cc1ccc(S(=O)(=O)NCCNc2cccc(F)c2[N+](=O)[O-])s1. The number of hydrogen-bond donors (Lipinski definition) is 2. The second-order valence-corrected chi connectivity index (χ2v) is 7.86. The number of halogens is 1. The first-order chi connectivity index (χ1) is 10.8. The van der Waals surface area contributed by atoms with Crippen LogP contribution in [0.3, 0.4) is 0 Å². The van der Waals surface area contributed by atoms with Gasteiger partial charge >= 0.3 is 5.69 Å². The molecule has 0 bridgehead atoms. The van der Waals surface area contributed by atoms with Gasteiger partial charge in [0.05, 0.1) is 4.92 Å². The highest BCUT2D eigenvalue weighted by molar-refractivity contribution is 7.91. The van der Waals surface area contributed by atoms with Crippen LogP contribution >= 0.6 is 11.3 Å². The zero-order valence-electron chi connectivity index (χ0n) is 12.1. The number of nitrogens with zero attached hydrogens (tertiary/aromatic N) is 1. The number of para-hydroxylation sites is 1. The number of anilines is 1. The van der Waals surface area contributed by atoms with Gasteiger partial charge in [-0.2, -0.15) is 4.39 Å². The molecule has 0 aliphatic carbocycles. The molecule has 124 valence electrons. The Hall–Kier alpha value is -2.04. The maximum atomic E-state index is 13.4. The fraction of sp³-hybridized carbons (Fsp3) is 0.231. The van der Waals surface area contributed by atoms with Crippen molar-refractivity contribution in [2.24, 2.45) is 0 Å². The zero-order valence-corrected chi connectivity index (χ0v) is 13.7. The van der Waals surface area contributed by atoms with Crippen molar-refractivity contribution in [2.45, 2.75) is 11.1 Å². The first-order valence-electron chi connectivity index (χ1n) is 6.54. The molecule has 2 rings (SSSR count). The van der Waals surface area contributed by atoms with E-state index in [4.69, 9.17) is 0 Å². The maximum Gasteiger partial charge on any atom is 0.327 e. The molecular formula is C13H14FN3O4S2. The molecule has 1 aromatic heterocycles. The first-order valence-corrected chi connectivity index (χ1v) is 8.84. The van der Waals surface area contributed by atoms with Gasteiger partial charge in [0.2, 0.25) is 15.8 Å². The van der Waals surface area contributed by atoms with Crippen LogP contribution in [-0.4, -0.2) is 26.4 Å². The van der Waals surface area contributed by atoms with Gasteiger partial charge < -0.3 is 5.32 Å². The summed E-state index contributed by atoms with van der Waals surface area (Å²) in [4.78, 5) is 10.9. The highest BCUT2D eigenvalue weighted by Gasteiger charge is 2.20. The Morgan fingerprint density at radius 3 is 2.61 bits per heavy atom. The molecule has 1 aromatic carbocycles. The molecule has 0 saturated heterocycles. The normalized spacial score (nSPS) is 11.4. The Bertz CT molecular complexity index is 820. The minimum absolute atomic E-state index is 0.00108. The van der Waals surface area contributed by atoms with E-state index < -0.39 is 26.5 Å². The molecule has 1 heterocycles. The van der Waals surface area contributed by atoms with Gasteiger partial charge in [-0.25, -0.2) is 13.1 Å². The van der Waals surface area contributed by atoms with Crippen molar-refractivity contribution >= 4 is 32.7 Å². The molecule has 2 N–H and O–H groups in total. The summed E-state index contributed by atoms with van der Waals surface area (Å²) in [7, 11) is -3.61. The van der Waals surface area contributed by atoms with Crippen molar-refractivity contribution in [1.29, 1.82) is 0 Å². The number of nitro benzene ring substituents is 1. The van der Waals surface area contributed by atoms with E-state index in [1.54, 1.807) is 13.0 Å². The van der Waals surface area contributed by atoms with E-state index in [0.29, 0.717) is 0 Å². The highest BCUT2D eigenvalue weighted by Crippen LogP contribution is 2.26. The third-order valence-corrected chi connectivity index (χ3v) is 5.84. The van der Waals surface area contributed by atoms with Crippen LogP contribution in [0.4, 0.5) is 15.8 Å². The van der Waals surface area contributed by atoms with E-state index in [0.717, 1.165) is 22.3 Å². The van der Waals surface area contributed by atoms with Crippen LogP contribution in [0.2, 0.25) is 0 Å². The van der Waals surface area contributed by atoms with Crippen LogP contribution in [0.5, 0.6) is 0 Å². The van der Waals surface area contributed by atoms with Crippen molar-refractivity contribution in [2.75, 3.05) is 18.4 Å². The maximum absolute atomic E-state index is 13.4. The Morgan fingerprint density at radius 2 is 2.00 bits per heavy atom. The van der Waals surface area contributed by atoms with E-state index in [1.165, 1.54) is 18.2 Å². The summed E-state index contributed by atoms with van der Waals surface area (Å²) < 4.78 is 40.0. The van der Waals surface area contributed by atoms with Crippen molar-refractivity contribution in [3.63, 3.8) is 0 Å². The summed E-state index contributed by atoms with van der Waals surface area (Å²) in [6, 6.07) is 6.90.